The Morgan fingerprint density at radius 3 is 2.89 bits per heavy atom. The average molecular weight is 379 g/mol. The van der Waals surface area contributed by atoms with E-state index in [1.54, 1.807) is 12.5 Å². The molecule has 1 fully saturated rings. The second kappa shape index (κ2) is 7.53. The lowest BCUT2D eigenvalue weighted by Gasteiger charge is -2.32. The zero-order valence-electron chi connectivity index (χ0n) is 15.8. The Kier molecular flexibility index (Phi) is 4.74. The molecule has 2 atom stereocenters. The van der Waals surface area contributed by atoms with E-state index in [0.29, 0.717) is 18.4 Å². The quantitative estimate of drug-likeness (QED) is 0.702. The molecule has 3 aromatic rings. The zero-order chi connectivity index (χ0) is 18.9. The summed E-state index contributed by atoms with van der Waals surface area (Å²) < 4.78 is 13.4. The van der Waals surface area contributed by atoms with E-state index in [1.165, 1.54) is 11.1 Å². The van der Waals surface area contributed by atoms with Crippen molar-refractivity contribution in [3.05, 3.63) is 60.7 Å². The highest BCUT2D eigenvalue weighted by Gasteiger charge is 2.33. The van der Waals surface area contributed by atoms with Crippen molar-refractivity contribution < 1.29 is 14.3 Å². The number of fused-ring (bicyclic) bond motifs is 3. The van der Waals surface area contributed by atoms with Crippen LogP contribution in [0.15, 0.2) is 53.7 Å². The van der Waals surface area contributed by atoms with Crippen molar-refractivity contribution in [1.29, 1.82) is 0 Å². The van der Waals surface area contributed by atoms with Crippen molar-refractivity contribution in [2.24, 2.45) is 5.92 Å². The standard InChI is InChI=1S/C22H25N3O3/c26-21(15-5-7-16(8-6-15)28-13-22-24-9-10-27-22)11-19-17-3-1-2-4-18(17)20-12-23-14-25(19)20/h1-4,9-10,12,14-16,19,21,26H,5-8,11,13H2. The van der Waals surface area contributed by atoms with E-state index in [9.17, 15) is 5.11 Å². The van der Waals surface area contributed by atoms with Gasteiger partial charge in [-0.3, -0.25) is 0 Å². The van der Waals surface area contributed by atoms with Crippen LogP contribution in [-0.4, -0.2) is 31.8 Å². The molecule has 1 aliphatic heterocycles. The summed E-state index contributed by atoms with van der Waals surface area (Å²) in [4.78, 5) is 8.41. The number of benzene rings is 1. The van der Waals surface area contributed by atoms with E-state index < -0.39 is 0 Å². The summed E-state index contributed by atoms with van der Waals surface area (Å²) in [5, 5.41) is 11.0. The van der Waals surface area contributed by atoms with Gasteiger partial charge in [0.15, 0.2) is 0 Å². The first kappa shape index (κ1) is 17.6. The van der Waals surface area contributed by atoms with Gasteiger partial charge in [0.2, 0.25) is 5.89 Å². The first-order valence-corrected chi connectivity index (χ1v) is 10.1. The van der Waals surface area contributed by atoms with Gasteiger partial charge in [0.25, 0.3) is 0 Å². The van der Waals surface area contributed by atoms with Crippen LogP contribution >= 0.6 is 0 Å². The van der Waals surface area contributed by atoms with Gasteiger partial charge in [0.1, 0.15) is 12.9 Å². The number of imidazole rings is 1. The number of ether oxygens (including phenoxy) is 1. The highest BCUT2D eigenvalue weighted by atomic mass is 16.5. The fraction of sp³-hybridized carbons (Fsp3) is 0.455. The lowest BCUT2D eigenvalue weighted by molar-refractivity contribution is -0.0223. The highest BCUT2D eigenvalue weighted by molar-refractivity contribution is 5.68. The summed E-state index contributed by atoms with van der Waals surface area (Å²) in [7, 11) is 0. The summed E-state index contributed by atoms with van der Waals surface area (Å²) in [5.74, 6) is 0.944. The van der Waals surface area contributed by atoms with E-state index in [2.05, 4.69) is 38.8 Å². The number of nitrogens with zero attached hydrogens (tertiary/aromatic N) is 3. The molecule has 1 aromatic carbocycles. The Bertz CT molecular complexity index is 913. The van der Waals surface area contributed by atoms with Crippen molar-refractivity contribution in [3.8, 4) is 11.3 Å². The normalized spacial score (nSPS) is 24.7. The summed E-state index contributed by atoms with van der Waals surface area (Å²) in [5.41, 5.74) is 3.68. The number of aliphatic hydroxyl groups excluding tert-OH is 1. The maximum absolute atomic E-state index is 11.0. The third-order valence-electron chi connectivity index (χ3n) is 6.25. The average Bonchev–Trinajstić information content (AvgIpc) is 3.46. The fourth-order valence-corrected chi connectivity index (χ4v) is 4.75. The maximum Gasteiger partial charge on any atom is 0.219 e. The fourth-order valence-electron chi connectivity index (χ4n) is 4.75. The van der Waals surface area contributed by atoms with Gasteiger partial charge in [-0.2, -0.15) is 0 Å². The largest absolute Gasteiger partial charge is 0.446 e. The number of hydrogen-bond donors (Lipinski definition) is 1. The van der Waals surface area contributed by atoms with Crippen molar-refractivity contribution in [1.82, 2.24) is 14.5 Å². The van der Waals surface area contributed by atoms with Crippen molar-refractivity contribution in [3.63, 3.8) is 0 Å². The molecule has 0 radical (unpaired) electrons. The maximum atomic E-state index is 11.0. The van der Waals surface area contributed by atoms with Crippen LogP contribution in [0.4, 0.5) is 0 Å². The molecule has 1 N–H and O–H groups in total. The van der Waals surface area contributed by atoms with E-state index in [0.717, 1.165) is 37.8 Å². The van der Waals surface area contributed by atoms with Gasteiger partial charge >= 0.3 is 0 Å². The van der Waals surface area contributed by atoms with Gasteiger partial charge in [-0.05, 0) is 43.6 Å². The van der Waals surface area contributed by atoms with Crippen LogP contribution in [-0.2, 0) is 11.3 Å². The molecule has 2 aromatic heterocycles. The van der Waals surface area contributed by atoms with Crippen LogP contribution < -0.4 is 0 Å². The molecule has 2 aliphatic rings. The van der Waals surface area contributed by atoms with Crippen LogP contribution in [0.5, 0.6) is 0 Å². The van der Waals surface area contributed by atoms with Gasteiger partial charge in [-0.25, -0.2) is 9.97 Å². The third kappa shape index (κ3) is 3.27. The molecular weight excluding hydrogens is 354 g/mol. The molecule has 1 aliphatic carbocycles. The van der Waals surface area contributed by atoms with Gasteiger partial charge in [0, 0.05) is 5.56 Å². The molecule has 3 heterocycles. The molecule has 0 amide bonds. The van der Waals surface area contributed by atoms with E-state index in [-0.39, 0.29) is 18.2 Å². The van der Waals surface area contributed by atoms with Crippen molar-refractivity contribution in [2.75, 3.05) is 0 Å². The van der Waals surface area contributed by atoms with E-state index in [1.807, 2.05) is 12.5 Å². The highest BCUT2D eigenvalue weighted by Crippen LogP contribution is 2.42. The monoisotopic (exact) mass is 379 g/mol. The number of oxazole rings is 1. The topological polar surface area (TPSA) is 73.3 Å². The lowest BCUT2D eigenvalue weighted by Crippen LogP contribution is -2.30. The molecular formula is C22H25N3O3. The predicted octanol–water partition coefficient (Wildman–Crippen LogP) is 3.97. The molecule has 6 nitrogen and oxygen atoms in total. The minimum Gasteiger partial charge on any atom is -0.446 e. The Morgan fingerprint density at radius 2 is 2.07 bits per heavy atom. The molecule has 1 saturated carbocycles. The minimum atomic E-state index is -0.320. The van der Waals surface area contributed by atoms with Crippen LogP contribution in [0.1, 0.15) is 49.6 Å². The first-order chi connectivity index (χ1) is 13.8. The molecule has 0 spiro atoms. The molecule has 5 rings (SSSR count). The van der Waals surface area contributed by atoms with Crippen LogP contribution in [0.25, 0.3) is 11.3 Å². The van der Waals surface area contributed by atoms with E-state index in [4.69, 9.17) is 9.15 Å². The van der Waals surface area contributed by atoms with Crippen LogP contribution in [0.2, 0.25) is 0 Å². The Morgan fingerprint density at radius 1 is 1.21 bits per heavy atom. The predicted molar refractivity (Wildman–Crippen MR) is 103 cm³/mol. The second-order valence-electron chi connectivity index (χ2n) is 7.87. The van der Waals surface area contributed by atoms with Gasteiger partial charge in [0.05, 0.1) is 42.7 Å². The number of aromatic nitrogens is 3. The SMILES string of the molecule is OC(CC1c2ccccc2-c2cncn21)C1CCC(OCc2ncco2)CC1. The molecule has 2 unspecified atom stereocenters. The number of aliphatic hydroxyl groups is 1. The molecule has 146 valence electrons. The van der Waals surface area contributed by atoms with Crippen molar-refractivity contribution in [2.45, 2.75) is 57.0 Å². The molecule has 0 bridgehead atoms. The lowest BCUT2D eigenvalue weighted by atomic mass is 9.81. The van der Waals surface area contributed by atoms with Crippen LogP contribution in [0.3, 0.4) is 0 Å². The zero-order valence-corrected chi connectivity index (χ0v) is 15.8. The van der Waals surface area contributed by atoms with E-state index >= 15 is 0 Å². The Labute approximate surface area is 164 Å². The minimum absolute atomic E-state index is 0.169. The summed E-state index contributed by atoms with van der Waals surface area (Å²) in [6.07, 6.45) is 11.6. The van der Waals surface area contributed by atoms with Crippen molar-refractivity contribution >= 4 is 0 Å². The third-order valence-corrected chi connectivity index (χ3v) is 6.25. The summed E-state index contributed by atoms with van der Waals surface area (Å²) in [6.45, 7) is 0.424. The van der Waals surface area contributed by atoms with Gasteiger partial charge in [-0.1, -0.05) is 24.3 Å². The molecule has 0 saturated heterocycles. The summed E-state index contributed by atoms with van der Waals surface area (Å²) >= 11 is 0. The van der Waals surface area contributed by atoms with Gasteiger partial charge < -0.3 is 18.8 Å². The Hall–Kier alpha value is -2.44. The number of hydrogen-bond acceptors (Lipinski definition) is 5. The van der Waals surface area contributed by atoms with Crippen LogP contribution in [0, 0.1) is 5.92 Å². The summed E-state index contributed by atoms with van der Waals surface area (Å²) in [6, 6.07) is 8.63. The smallest absolute Gasteiger partial charge is 0.219 e. The second-order valence-corrected chi connectivity index (χ2v) is 7.87. The Balaban J connectivity index is 1.19. The number of rotatable bonds is 6. The van der Waals surface area contributed by atoms with Gasteiger partial charge in [-0.15, -0.1) is 0 Å². The first-order valence-electron chi connectivity index (χ1n) is 10.1. The molecule has 6 heteroatoms. The molecule has 28 heavy (non-hydrogen) atoms.